The molecule has 4 atom stereocenters. The summed E-state index contributed by atoms with van der Waals surface area (Å²) >= 11 is 0. The molecule has 0 bridgehead atoms. The van der Waals surface area contributed by atoms with E-state index in [2.05, 4.69) is 36.2 Å². The van der Waals surface area contributed by atoms with Crippen molar-refractivity contribution < 1.29 is 19.1 Å². The lowest BCUT2D eigenvalue weighted by Gasteiger charge is -2.23. The van der Waals surface area contributed by atoms with Gasteiger partial charge in [-0.15, -0.1) is 0 Å². The van der Waals surface area contributed by atoms with Gasteiger partial charge < -0.3 is 14.8 Å². The van der Waals surface area contributed by atoms with Crippen LogP contribution in [-0.2, 0) is 25.7 Å². The molecule has 1 saturated carbocycles. The average Bonchev–Trinajstić information content (AvgIpc) is 3.39. The molecule has 1 aliphatic carbocycles. The first-order valence-electron chi connectivity index (χ1n) is 11.4. The lowest BCUT2D eigenvalue weighted by Crippen LogP contribution is -2.51. The van der Waals surface area contributed by atoms with Crippen LogP contribution in [-0.4, -0.2) is 54.7 Å². The summed E-state index contributed by atoms with van der Waals surface area (Å²) < 4.78 is 11.5. The predicted octanol–water partition coefficient (Wildman–Crippen LogP) is 3.44. The molecule has 1 N–H and O–H groups in total. The van der Waals surface area contributed by atoms with Crippen molar-refractivity contribution in [2.45, 2.75) is 50.5 Å². The van der Waals surface area contributed by atoms with E-state index in [4.69, 9.17) is 9.47 Å². The van der Waals surface area contributed by atoms with E-state index in [-0.39, 0.29) is 36.5 Å². The monoisotopic (exact) mass is 436 g/mol. The summed E-state index contributed by atoms with van der Waals surface area (Å²) in [4.78, 5) is 27.7. The van der Waals surface area contributed by atoms with E-state index in [1.807, 2.05) is 37.1 Å². The maximum absolute atomic E-state index is 13.1. The van der Waals surface area contributed by atoms with Gasteiger partial charge in [-0.05, 0) is 42.1 Å². The van der Waals surface area contributed by atoms with Crippen LogP contribution in [0.1, 0.15) is 31.7 Å². The number of rotatable bonds is 9. The first kappa shape index (κ1) is 22.5. The van der Waals surface area contributed by atoms with Gasteiger partial charge >= 0.3 is 5.97 Å². The molecule has 1 saturated heterocycles. The minimum Gasteiger partial charge on any atom is -0.460 e. The van der Waals surface area contributed by atoms with E-state index < -0.39 is 5.54 Å². The molecule has 1 heterocycles. The summed E-state index contributed by atoms with van der Waals surface area (Å²) in [5.74, 6) is -0.369. The lowest BCUT2D eigenvalue weighted by atomic mass is 10.1. The van der Waals surface area contributed by atoms with Gasteiger partial charge in [0.15, 0.2) is 0 Å². The normalized spacial score (nSPS) is 27.2. The number of esters is 1. The van der Waals surface area contributed by atoms with E-state index in [1.54, 1.807) is 6.08 Å². The Bertz CT molecular complexity index is 1000. The van der Waals surface area contributed by atoms with Crippen molar-refractivity contribution in [3.05, 3.63) is 60.7 Å². The molecule has 0 radical (unpaired) electrons. The van der Waals surface area contributed by atoms with Gasteiger partial charge in [0.2, 0.25) is 5.91 Å². The van der Waals surface area contributed by atoms with Gasteiger partial charge in [-0.25, -0.2) is 4.79 Å². The summed E-state index contributed by atoms with van der Waals surface area (Å²) in [5.41, 5.74) is 0.253. The van der Waals surface area contributed by atoms with Crippen LogP contribution in [0.3, 0.4) is 0 Å². The van der Waals surface area contributed by atoms with Gasteiger partial charge in [-0.3, -0.25) is 9.69 Å². The number of fused-ring (bicyclic) bond motifs is 1. The fourth-order valence-electron chi connectivity index (χ4n) is 4.85. The Labute approximate surface area is 189 Å². The second-order valence-electron chi connectivity index (χ2n) is 8.92. The smallest absolute Gasteiger partial charge is 0.332 e. The molecule has 1 amide bonds. The molecular weight excluding hydrogens is 404 g/mol. The number of likely N-dealkylation sites (N-methyl/N-ethyl adjacent to an activating group) is 1. The number of nitrogens with one attached hydrogen (secondary N) is 1. The molecule has 2 aliphatic rings. The van der Waals surface area contributed by atoms with E-state index in [1.165, 1.54) is 10.8 Å². The zero-order valence-corrected chi connectivity index (χ0v) is 18.9. The first-order chi connectivity index (χ1) is 15.5. The largest absolute Gasteiger partial charge is 0.460 e. The average molecular weight is 437 g/mol. The standard InChI is InChI=1S/C26H32N2O4/c1-4-13-31-25(30)26(15-20(26)5-2)27-24(29)23-14-21(16-28(23)3)32-17-19-11-8-10-18-9-6-7-12-22(18)19/h4,6-12,20-21,23H,1,5,13-17H2,2-3H3,(H,27,29)/t20?,21-,23+,26-/m1/s1. The van der Waals surface area contributed by atoms with Gasteiger partial charge in [0, 0.05) is 6.54 Å². The van der Waals surface area contributed by atoms with Crippen molar-refractivity contribution in [2.75, 3.05) is 20.2 Å². The van der Waals surface area contributed by atoms with Crippen LogP contribution >= 0.6 is 0 Å². The second-order valence-corrected chi connectivity index (χ2v) is 8.92. The Morgan fingerprint density at radius 3 is 2.78 bits per heavy atom. The zero-order valence-electron chi connectivity index (χ0n) is 18.9. The number of hydrogen-bond acceptors (Lipinski definition) is 5. The molecule has 32 heavy (non-hydrogen) atoms. The molecule has 6 nitrogen and oxygen atoms in total. The Morgan fingerprint density at radius 2 is 2.03 bits per heavy atom. The van der Waals surface area contributed by atoms with Crippen molar-refractivity contribution in [2.24, 2.45) is 5.92 Å². The van der Waals surface area contributed by atoms with Gasteiger partial charge in [0.1, 0.15) is 12.1 Å². The second kappa shape index (κ2) is 9.43. The minimum atomic E-state index is -0.891. The van der Waals surface area contributed by atoms with Crippen LogP contribution in [0.25, 0.3) is 10.8 Å². The minimum absolute atomic E-state index is 0.0421. The fraction of sp³-hybridized carbons (Fsp3) is 0.462. The third kappa shape index (κ3) is 4.43. The van der Waals surface area contributed by atoms with Crippen LogP contribution in [0, 0.1) is 5.92 Å². The maximum atomic E-state index is 13.1. The van der Waals surface area contributed by atoms with Crippen molar-refractivity contribution in [3.63, 3.8) is 0 Å². The van der Waals surface area contributed by atoms with Crippen LogP contribution in [0.4, 0.5) is 0 Å². The first-order valence-corrected chi connectivity index (χ1v) is 11.4. The maximum Gasteiger partial charge on any atom is 0.332 e. The van der Waals surface area contributed by atoms with Gasteiger partial charge in [0.25, 0.3) is 0 Å². The van der Waals surface area contributed by atoms with Gasteiger partial charge in [0.05, 0.1) is 18.8 Å². The van der Waals surface area contributed by atoms with E-state index >= 15 is 0 Å². The highest BCUT2D eigenvalue weighted by atomic mass is 16.5. The molecule has 2 aromatic carbocycles. The SMILES string of the molecule is C=CCOC(=O)[C@@]1(NC(=O)[C@@H]2C[C@@H](OCc3cccc4ccccc34)CN2C)CC1CC. The molecule has 1 unspecified atom stereocenters. The highest BCUT2D eigenvalue weighted by Gasteiger charge is 2.62. The quantitative estimate of drug-likeness (QED) is 0.482. The highest BCUT2D eigenvalue weighted by Crippen LogP contribution is 2.47. The predicted molar refractivity (Wildman–Crippen MR) is 124 cm³/mol. The number of amides is 1. The summed E-state index contributed by atoms with van der Waals surface area (Å²) in [6.45, 7) is 6.94. The van der Waals surface area contributed by atoms with Crippen molar-refractivity contribution >= 4 is 22.6 Å². The molecule has 4 rings (SSSR count). The molecule has 2 aromatic rings. The van der Waals surface area contributed by atoms with Crippen LogP contribution < -0.4 is 5.32 Å². The third-order valence-corrected chi connectivity index (χ3v) is 6.81. The van der Waals surface area contributed by atoms with Crippen LogP contribution in [0.15, 0.2) is 55.1 Å². The Hall–Kier alpha value is -2.70. The summed E-state index contributed by atoms with van der Waals surface area (Å²) in [7, 11) is 1.93. The number of benzene rings is 2. The van der Waals surface area contributed by atoms with Crippen molar-refractivity contribution in [1.82, 2.24) is 10.2 Å². The van der Waals surface area contributed by atoms with E-state index in [9.17, 15) is 9.59 Å². The van der Waals surface area contributed by atoms with Gasteiger partial charge in [-0.2, -0.15) is 0 Å². The Kier molecular flexibility index (Phi) is 6.63. The number of ether oxygens (including phenoxy) is 2. The molecule has 6 heteroatoms. The molecule has 0 spiro atoms. The van der Waals surface area contributed by atoms with E-state index in [0.717, 1.165) is 12.0 Å². The molecule has 1 aliphatic heterocycles. The van der Waals surface area contributed by atoms with Crippen LogP contribution in [0.2, 0.25) is 0 Å². The lowest BCUT2D eigenvalue weighted by molar-refractivity contribution is -0.149. The number of hydrogen-bond donors (Lipinski definition) is 1. The number of nitrogens with zero attached hydrogens (tertiary/aromatic N) is 1. The molecule has 2 fully saturated rings. The Balaban J connectivity index is 1.36. The zero-order chi connectivity index (χ0) is 22.7. The van der Waals surface area contributed by atoms with E-state index in [0.29, 0.717) is 26.0 Å². The number of carbonyl (C=O) groups excluding carboxylic acids is 2. The summed E-state index contributed by atoms with van der Waals surface area (Å²) in [6.07, 6.45) is 3.55. The topological polar surface area (TPSA) is 67.9 Å². The summed E-state index contributed by atoms with van der Waals surface area (Å²) in [6, 6.07) is 14.2. The van der Waals surface area contributed by atoms with Crippen molar-refractivity contribution in [1.29, 1.82) is 0 Å². The van der Waals surface area contributed by atoms with Gasteiger partial charge in [-0.1, -0.05) is 68.5 Å². The Morgan fingerprint density at radius 1 is 1.25 bits per heavy atom. The van der Waals surface area contributed by atoms with Crippen molar-refractivity contribution in [3.8, 4) is 0 Å². The fourth-order valence-corrected chi connectivity index (χ4v) is 4.85. The number of likely N-dealkylation sites (tertiary alicyclic amines) is 1. The molecule has 170 valence electrons. The highest BCUT2D eigenvalue weighted by molar-refractivity contribution is 5.93. The molecule has 0 aromatic heterocycles. The summed E-state index contributed by atoms with van der Waals surface area (Å²) in [5, 5.41) is 5.41. The van der Waals surface area contributed by atoms with Crippen LogP contribution in [0.5, 0.6) is 0 Å². The third-order valence-electron chi connectivity index (χ3n) is 6.81. The number of carbonyl (C=O) groups is 2. The molecular formula is C26H32N2O4.